The minimum Gasteiger partial charge on any atom is -0.497 e. The second kappa shape index (κ2) is 8.69. The summed E-state index contributed by atoms with van der Waals surface area (Å²) in [6.07, 6.45) is 4.47. The molecule has 0 radical (unpaired) electrons. The van der Waals surface area contributed by atoms with Crippen LogP contribution in [0.25, 0.3) is 10.9 Å². The molecule has 4 atom stereocenters. The number of fused-ring (bicyclic) bond motifs is 3. The Morgan fingerprint density at radius 1 is 1.21 bits per heavy atom. The number of methoxy groups -OCH3 is 1. The van der Waals surface area contributed by atoms with Crippen LogP contribution in [0.15, 0.2) is 47.5 Å². The predicted octanol–water partition coefficient (Wildman–Crippen LogP) is 4.77. The Kier molecular flexibility index (Phi) is 5.84. The number of benzene rings is 2. The monoisotopic (exact) mass is 464 g/mol. The van der Waals surface area contributed by atoms with Crippen LogP contribution in [0.1, 0.15) is 39.2 Å². The zero-order valence-electron chi connectivity index (χ0n) is 20.3. The van der Waals surface area contributed by atoms with E-state index in [2.05, 4.69) is 36.6 Å². The molecule has 6 rings (SSSR count). The van der Waals surface area contributed by atoms with E-state index in [9.17, 15) is 9.18 Å². The van der Waals surface area contributed by atoms with Crippen LogP contribution in [0.4, 0.5) is 10.1 Å². The average molecular weight is 465 g/mol. The lowest BCUT2D eigenvalue weighted by Crippen LogP contribution is -2.60. The molecule has 3 aliphatic carbocycles. The van der Waals surface area contributed by atoms with E-state index in [1.807, 2.05) is 18.2 Å². The summed E-state index contributed by atoms with van der Waals surface area (Å²) in [6.45, 7) is 7.51. The van der Waals surface area contributed by atoms with Crippen LogP contribution in [0.2, 0.25) is 0 Å². The summed E-state index contributed by atoms with van der Waals surface area (Å²) < 4.78 is 20.8. The molecular weight excluding hydrogens is 431 g/mol. The van der Waals surface area contributed by atoms with Crippen LogP contribution in [-0.2, 0) is 13.0 Å². The molecule has 7 heteroatoms. The number of hydrogen-bond donors (Lipinski definition) is 2. The average Bonchev–Trinajstić information content (AvgIpc) is 2.83. The fraction of sp³-hybridized carbons (Fsp3) is 0.481. The molecule has 3 aliphatic rings. The number of anilines is 1. The van der Waals surface area contributed by atoms with E-state index in [0.29, 0.717) is 52.6 Å². The molecule has 0 saturated heterocycles. The summed E-state index contributed by atoms with van der Waals surface area (Å²) >= 11 is 0. The highest BCUT2D eigenvalue weighted by Gasteiger charge is 2.56. The molecule has 2 N–H and O–H groups in total. The Hall–Kier alpha value is -2.93. The second-order valence-electron chi connectivity index (χ2n) is 10.5. The first-order valence-corrected chi connectivity index (χ1v) is 12.1. The molecule has 3 saturated carbocycles. The number of hydrazine groups is 1. The first-order valence-electron chi connectivity index (χ1n) is 12.1. The van der Waals surface area contributed by atoms with Gasteiger partial charge in [-0.2, -0.15) is 0 Å². The van der Waals surface area contributed by atoms with Gasteiger partial charge in [0.1, 0.15) is 11.6 Å². The van der Waals surface area contributed by atoms with Crippen molar-refractivity contribution in [3.8, 4) is 5.75 Å². The van der Waals surface area contributed by atoms with Crippen molar-refractivity contribution < 1.29 is 9.13 Å². The number of halogens is 1. The topological polar surface area (TPSA) is 68.2 Å². The highest BCUT2D eigenvalue weighted by molar-refractivity contribution is 5.81. The van der Waals surface area contributed by atoms with Crippen LogP contribution >= 0.6 is 0 Å². The Bertz CT molecular complexity index is 1270. The van der Waals surface area contributed by atoms with Crippen molar-refractivity contribution in [2.45, 2.75) is 52.6 Å². The SMILES string of the molecule is COc1ccc(CCn2cnc3cc(NNC4CC5C[C@@H]([C@@H]4C)C5(C)C)ccc3c2=O)c(F)c1. The van der Waals surface area contributed by atoms with Gasteiger partial charge in [0, 0.05) is 18.7 Å². The van der Waals surface area contributed by atoms with E-state index in [1.54, 1.807) is 18.5 Å². The van der Waals surface area contributed by atoms with Gasteiger partial charge in [-0.05, 0) is 72.3 Å². The van der Waals surface area contributed by atoms with Crippen LogP contribution in [-0.4, -0.2) is 22.7 Å². The van der Waals surface area contributed by atoms with Gasteiger partial charge < -0.3 is 10.2 Å². The minimum atomic E-state index is -0.336. The zero-order chi connectivity index (χ0) is 24.0. The zero-order valence-corrected chi connectivity index (χ0v) is 20.3. The smallest absolute Gasteiger partial charge is 0.261 e. The summed E-state index contributed by atoms with van der Waals surface area (Å²) in [5.41, 5.74) is 9.29. The quantitative estimate of drug-likeness (QED) is 0.493. The van der Waals surface area contributed by atoms with E-state index >= 15 is 0 Å². The summed E-state index contributed by atoms with van der Waals surface area (Å²) in [5.74, 6) is 2.32. The molecule has 2 unspecified atom stereocenters. The van der Waals surface area contributed by atoms with Gasteiger partial charge in [-0.3, -0.25) is 9.36 Å². The fourth-order valence-corrected chi connectivity index (χ4v) is 6.01. The first-order chi connectivity index (χ1) is 16.3. The maximum absolute atomic E-state index is 14.2. The molecule has 1 heterocycles. The van der Waals surface area contributed by atoms with Gasteiger partial charge in [-0.15, -0.1) is 0 Å². The van der Waals surface area contributed by atoms with Crippen molar-refractivity contribution in [1.29, 1.82) is 0 Å². The van der Waals surface area contributed by atoms with Crippen molar-refractivity contribution in [3.63, 3.8) is 0 Å². The van der Waals surface area contributed by atoms with Crippen molar-refractivity contribution in [2.75, 3.05) is 12.5 Å². The van der Waals surface area contributed by atoms with Crippen LogP contribution < -0.4 is 21.1 Å². The standard InChI is InChI=1S/C27H33FN4O2/c1-16-22-11-18(27(22,2)3)12-24(16)31-30-19-6-8-21-25(13-19)29-15-32(26(21)33)10-9-17-5-7-20(34-4)14-23(17)28/h5-8,13-16,18,22,24,30-31H,9-12H2,1-4H3/t16-,18?,22-,24?/m0/s1. The Morgan fingerprint density at radius 2 is 2.03 bits per heavy atom. The first kappa shape index (κ1) is 22.8. The van der Waals surface area contributed by atoms with Gasteiger partial charge in [-0.25, -0.2) is 14.8 Å². The largest absolute Gasteiger partial charge is 0.497 e. The maximum atomic E-state index is 14.2. The molecule has 2 aromatic carbocycles. The van der Waals surface area contributed by atoms with Crippen LogP contribution in [0, 0.1) is 29.0 Å². The van der Waals surface area contributed by atoms with Gasteiger partial charge in [0.15, 0.2) is 0 Å². The lowest BCUT2D eigenvalue weighted by atomic mass is 9.45. The highest BCUT2D eigenvalue weighted by atomic mass is 19.1. The lowest BCUT2D eigenvalue weighted by molar-refractivity contribution is -0.113. The van der Waals surface area contributed by atoms with Crippen molar-refractivity contribution in [3.05, 3.63) is 64.5 Å². The third-order valence-corrected chi connectivity index (χ3v) is 8.46. The molecule has 0 aliphatic heterocycles. The Balaban J connectivity index is 1.25. The van der Waals surface area contributed by atoms with E-state index < -0.39 is 0 Å². The van der Waals surface area contributed by atoms with Crippen molar-refractivity contribution in [1.82, 2.24) is 15.0 Å². The van der Waals surface area contributed by atoms with Gasteiger partial charge in [-0.1, -0.05) is 26.8 Å². The molecule has 0 amide bonds. The van der Waals surface area contributed by atoms with Crippen molar-refractivity contribution in [2.24, 2.45) is 23.2 Å². The Labute approximate surface area is 199 Å². The van der Waals surface area contributed by atoms with Crippen LogP contribution in [0.5, 0.6) is 5.75 Å². The minimum absolute atomic E-state index is 0.123. The third kappa shape index (κ3) is 3.96. The van der Waals surface area contributed by atoms with Gasteiger partial charge >= 0.3 is 0 Å². The molecule has 3 fully saturated rings. The number of aromatic nitrogens is 2. The molecule has 2 bridgehead atoms. The van der Waals surface area contributed by atoms with E-state index in [4.69, 9.17) is 4.74 Å². The molecule has 0 spiro atoms. The third-order valence-electron chi connectivity index (χ3n) is 8.46. The number of aryl methyl sites for hydroxylation is 2. The van der Waals surface area contributed by atoms with Crippen LogP contribution in [0.3, 0.4) is 0 Å². The van der Waals surface area contributed by atoms with Gasteiger partial charge in [0.25, 0.3) is 5.56 Å². The normalized spacial score (nSPS) is 25.1. The summed E-state index contributed by atoms with van der Waals surface area (Å²) in [6, 6.07) is 10.8. The fourth-order valence-electron chi connectivity index (χ4n) is 6.01. The summed E-state index contributed by atoms with van der Waals surface area (Å²) in [7, 11) is 1.51. The highest BCUT2D eigenvalue weighted by Crippen LogP contribution is 2.61. The van der Waals surface area contributed by atoms with Gasteiger partial charge in [0.2, 0.25) is 0 Å². The number of nitrogens with one attached hydrogen (secondary N) is 2. The van der Waals surface area contributed by atoms with E-state index in [-0.39, 0.29) is 11.4 Å². The molecule has 34 heavy (non-hydrogen) atoms. The van der Waals surface area contributed by atoms with E-state index in [0.717, 1.165) is 17.5 Å². The van der Waals surface area contributed by atoms with Gasteiger partial charge in [0.05, 0.1) is 30.0 Å². The maximum Gasteiger partial charge on any atom is 0.261 e. The number of hydrogen-bond acceptors (Lipinski definition) is 5. The van der Waals surface area contributed by atoms with Crippen molar-refractivity contribution >= 4 is 16.6 Å². The molecule has 180 valence electrons. The number of nitrogens with zero attached hydrogens (tertiary/aromatic N) is 2. The molecule has 3 aromatic rings. The predicted molar refractivity (Wildman–Crippen MR) is 132 cm³/mol. The Morgan fingerprint density at radius 3 is 2.74 bits per heavy atom. The molecular formula is C27H33FN4O2. The summed E-state index contributed by atoms with van der Waals surface area (Å²) in [5, 5.41) is 0.553. The number of rotatable bonds is 7. The molecule has 1 aromatic heterocycles. The number of ether oxygens (including phenoxy) is 1. The molecule has 6 nitrogen and oxygen atoms in total. The second-order valence-corrected chi connectivity index (χ2v) is 10.5. The lowest BCUT2D eigenvalue weighted by Gasteiger charge is -2.62. The van der Waals surface area contributed by atoms with E-state index in [1.165, 1.54) is 30.6 Å². The summed E-state index contributed by atoms with van der Waals surface area (Å²) in [4.78, 5) is 17.5.